The van der Waals surface area contributed by atoms with Crippen LogP contribution < -0.4 is 10.6 Å². The molecule has 0 spiro atoms. The first kappa shape index (κ1) is 38.0. The molecule has 4 N–H and O–H groups in total. The number of amides is 2. The Balaban J connectivity index is 3.74. The molecule has 40 heavy (non-hydrogen) atoms. The van der Waals surface area contributed by atoms with E-state index in [4.69, 9.17) is 5.11 Å². The zero-order chi connectivity index (χ0) is 29.7. The maximum Gasteiger partial charge on any atom is 0.221 e. The van der Waals surface area contributed by atoms with Gasteiger partial charge in [-0.3, -0.25) is 9.59 Å². The van der Waals surface area contributed by atoms with Crippen LogP contribution in [0, 0.1) is 0 Å². The third-order valence-corrected chi connectivity index (χ3v) is 8.55. The maximum atomic E-state index is 12.0. The molecule has 0 saturated heterocycles. The average molecular weight is 593 g/mol. The van der Waals surface area contributed by atoms with E-state index in [0.717, 1.165) is 50.7 Å². The van der Waals surface area contributed by atoms with Crippen LogP contribution in [-0.2, 0) is 9.59 Å². The van der Waals surface area contributed by atoms with Crippen molar-refractivity contribution in [1.82, 2.24) is 10.6 Å². The largest absolute Gasteiger partial charge is 0.394 e. The molecule has 0 bridgehead atoms. The van der Waals surface area contributed by atoms with Crippen LogP contribution in [0.1, 0.15) is 78.6 Å². The summed E-state index contributed by atoms with van der Waals surface area (Å²) in [5, 5.41) is 23.7. The van der Waals surface area contributed by atoms with Gasteiger partial charge in [-0.25, -0.2) is 0 Å². The second kappa shape index (κ2) is 27.2. The van der Waals surface area contributed by atoms with Crippen LogP contribution in [0.4, 0.5) is 0 Å². The highest BCUT2D eigenvalue weighted by Gasteiger charge is 2.23. The smallest absolute Gasteiger partial charge is 0.221 e. The third-order valence-electron chi connectivity index (χ3n) is 5.26. The van der Waals surface area contributed by atoms with Gasteiger partial charge in [-0.1, -0.05) is 101 Å². The molecule has 0 aliphatic rings. The summed E-state index contributed by atoms with van der Waals surface area (Å²) in [4.78, 5) is 24.0. The van der Waals surface area contributed by atoms with Crippen LogP contribution in [0.15, 0.2) is 72.9 Å². The number of carbonyl (C=O) groups excluding carboxylic acids is 2. The van der Waals surface area contributed by atoms with Crippen molar-refractivity contribution in [2.75, 3.05) is 25.4 Å². The van der Waals surface area contributed by atoms with Crippen molar-refractivity contribution in [1.29, 1.82) is 0 Å². The summed E-state index contributed by atoms with van der Waals surface area (Å²) in [6.07, 6.45) is 32.5. The van der Waals surface area contributed by atoms with E-state index in [-0.39, 0.29) is 29.7 Å². The lowest BCUT2D eigenvalue weighted by atomic mass is 10.1. The number of allylic oxidation sites excluding steroid dienone is 12. The summed E-state index contributed by atoms with van der Waals surface area (Å²) in [6, 6.07) is 0. The van der Waals surface area contributed by atoms with E-state index in [1.807, 2.05) is 13.8 Å². The summed E-state index contributed by atoms with van der Waals surface area (Å²) in [5.74, 6) is 0.643. The maximum absolute atomic E-state index is 12.0. The van der Waals surface area contributed by atoms with E-state index in [0.29, 0.717) is 19.4 Å². The minimum Gasteiger partial charge on any atom is -0.394 e. The molecule has 0 rings (SSSR count). The minimum absolute atomic E-state index is 0.0474. The van der Waals surface area contributed by atoms with Crippen LogP contribution in [0.2, 0.25) is 0 Å². The van der Waals surface area contributed by atoms with Crippen LogP contribution in [0.3, 0.4) is 0 Å². The third kappa shape index (κ3) is 27.6. The number of hydrogen-bond donors (Lipinski definition) is 4. The first-order valence-corrected chi connectivity index (χ1v) is 16.7. The minimum atomic E-state index is -0.933. The molecule has 1 atom stereocenters. The predicted molar refractivity (Wildman–Crippen MR) is 175 cm³/mol. The number of hydrogen-bond acceptors (Lipinski definition) is 6. The zero-order valence-electron chi connectivity index (χ0n) is 24.7. The second-order valence-corrected chi connectivity index (χ2v) is 12.9. The Bertz CT molecular complexity index is 833. The fourth-order valence-electron chi connectivity index (χ4n) is 3.15. The standard InChI is InChI=1S/C32H52N2O4S2/c1-4-5-6-7-8-9-10-11-12-13-14-15-16-17-18-19-20-21-22-23-30(37)33-24-25-39-40-32(2,3)26-31(38)34-27-29(36)28-35/h5-6,8-9,11-12,14-15,17-18,20-21,29,35-36H,4,7,10,13,16,19,22-28H2,1-3H3,(H,33,37)(H,34,38). The highest BCUT2D eigenvalue weighted by Crippen LogP contribution is 2.37. The van der Waals surface area contributed by atoms with Crippen LogP contribution in [0.5, 0.6) is 0 Å². The van der Waals surface area contributed by atoms with Gasteiger partial charge in [0.1, 0.15) is 0 Å². The average Bonchev–Trinajstić information content (AvgIpc) is 2.92. The molecular formula is C32H52N2O4S2. The van der Waals surface area contributed by atoms with E-state index in [9.17, 15) is 14.7 Å². The van der Waals surface area contributed by atoms with E-state index >= 15 is 0 Å². The molecule has 6 nitrogen and oxygen atoms in total. The molecule has 0 aliphatic carbocycles. The molecule has 0 aromatic rings. The molecule has 226 valence electrons. The molecule has 0 fully saturated rings. The first-order valence-electron chi connectivity index (χ1n) is 14.3. The van der Waals surface area contributed by atoms with Gasteiger partial charge in [0.05, 0.1) is 12.7 Å². The van der Waals surface area contributed by atoms with Gasteiger partial charge in [0, 0.05) is 36.4 Å². The van der Waals surface area contributed by atoms with Crippen molar-refractivity contribution in [2.45, 2.75) is 89.4 Å². The van der Waals surface area contributed by atoms with E-state index in [2.05, 4.69) is 90.5 Å². The van der Waals surface area contributed by atoms with Gasteiger partial charge in [-0.15, -0.1) is 0 Å². The Morgan fingerprint density at radius 1 is 0.775 bits per heavy atom. The molecule has 8 heteroatoms. The van der Waals surface area contributed by atoms with Gasteiger partial charge in [-0.2, -0.15) is 0 Å². The molecule has 0 aliphatic heterocycles. The van der Waals surface area contributed by atoms with E-state index < -0.39 is 6.10 Å². The molecule has 2 amide bonds. The molecule has 0 radical (unpaired) electrons. The molecule has 0 heterocycles. The fraction of sp³-hybridized carbons (Fsp3) is 0.562. The Labute approximate surface area is 251 Å². The van der Waals surface area contributed by atoms with Crippen molar-refractivity contribution in [3.8, 4) is 0 Å². The topological polar surface area (TPSA) is 98.7 Å². The van der Waals surface area contributed by atoms with Crippen molar-refractivity contribution < 1.29 is 19.8 Å². The van der Waals surface area contributed by atoms with Crippen LogP contribution in [-0.4, -0.2) is 58.3 Å². The molecule has 0 aromatic carbocycles. The van der Waals surface area contributed by atoms with Crippen molar-refractivity contribution in [3.63, 3.8) is 0 Å². The molecular weight excluding hydrogens is 540 g/mol. The lowest BCUT2D eigenvalue weighted by molar-refractivity contribution is -0.122. The number of carbonyl (C=O) groups is 2. The summed E-state index contributed by atoms with van der Waals surface area (Å²) in [7, 11) is 3.23. The monoisotopic (exact) mass is 592 g/mol. The van der Waals surface area contributed by atoms with Gasteiger partial charge in [0.2, 0.25) is 11.8 Å². The Kier molecular flexibility index (Phi) is 25.8. The van der Waals surface area contributed by atoms with Crippen molar-refractivity contribution >= 4 is 33.4 Å². The van der Waals surface area contributed by atoms with Crippen LogP contribution >= 0.6 is 21.6 Å². The summed E-state index contributed by atoms with van der Waals surface area (Å²) < 4.78 is -0.279. The van der Waals surface area contributed by atoms with E-state index in [1.54, 1.807) is 21.6 Å². The number of nitrogens with one attached hydrogen (secondary N) is 2. The first-order chi connectivity index (χ1) is 19.3. The Morgan fingerprint density at radius 3 is 1.77 bits per heavy atom. The molecule has 0 saturated carbocycles. The SMILES string of the molecule is CCC=CCC=CCC=CCC=CCC=CCC=CCCC(=O)NCCSSC(C)(C)CC(=O)NCC(O)CO. The van der Waals surface area contributed by atoms with Gasteiger partial charge in [0.15, 0.2) is 0 Å². The molecule has 1 unspecified atom stereocenters. The van der Waals surface area contributed by atoms with Crippen molar-refractivity contribution in [2.24, 2.45) is 0 Å². The zero-order valence-corrected chi connectivity index (χ0v) is 26.4. The highest BCUT2D eigenvalue weighted by atomic mass is 33.1. The fourth-order valence-corrected chi connectivity index (χ4v) is 5.56. The van der Waals surface area contributed by atoms with Crippen molar-refractivity contribution in [3.05, 3.63) is 72.9 Å². The van der Waals surface area contributed by atoms with Gasteiger partial charge >= 0.3 is 0 Å². The number of aliphatic hydroxyl groups is 2. The Hall–Kier alpha value is -2.00. The summed E-state index contributed by atoms with van der Waals surface area (Å²) in [5.41, 5.74) is 0. The van der Waals surface area contributed by atoms with Gasteiger partial charge in [0.25, 0.3) is 0 Å². The lowest BCUT2D eigenvalue weighted by Gasteiger charge is -2.22. The summed E-state index contributed by atoms with van der Waals surface area (Å²) >= 11 is 0. The van der Waals surface area contributed by atoms with Gasteiger partial charge < -0.3 is 20.8 Å². The lowest BCUT2D eigenvalue weighted by Crippen LogP contribution is -2.36. The Morgan fingerprint density at radius 2 is 1.27 bits per heavy atom. The van der Waals surface area contributed by atoms with E-state index in [1.165, 1.54) is 0 Å². The molecule has 0 aromatic heterocycles. The van der Waals surface area contributed by atoms with Crippen LogP contribution in [0.25, 0.3) is 0 Å². The summed E-state index contributed by atoms with van der Waals surface area (Å²) in [6.45, 7) is 6.38. The number of rotatable bonds is 24. The van der Waals surface area contributed by atoms with Gasteiger partial charge in [-0.05, 0) is 58.8 Å². The number of aliphatic hydroxyl groups excluding tert-OH is 2. The normalized spacial score (nSPS) is 13.6. The second-order valence-electron chi connectivity index (χ2n) is 9.79. The predicted octanol–water partition coefficient (Wildman–Crippen LogP) is 6.60. The quantitative estimate of drug-likeness (QED) is 0.0573. The highest BCUT2D eigenvalue weighted by molar-refractivity contribution is 8.77.